The first-order valence-corrected chi connectivity index (χ1v) is 10.9. The molecule has 0 aliphatic carbocycles. The lowest BCUT2D eigenvalue weighted by atomic mass is 10.0. The lowest BCUT2D eigenvalue weighted by Crippen LogP contribution is -2.30. The molecule has 0 radical (unpaired) electrons. The van der Waals surface area contributed by atoms with Crippen LogP contribution in [0.4, 0.5) is 19.0 Å². The first kappa shape index (κ1) is 21.2. The molecule has 3 heterocycles. The first-order chi connectivity index (χ1) is 14.6. The van der Waals surface area contributed by atoms with Gasteiger partial charge in [-0.3, -0.25) is 4.79 Å². The highest BCUT2D eigenvalue weighted by Gasteiger charge is 2.31. The summed E-state index contributed by atoms with van der Waals surface area (Å²) < 4.78 is 66.2. The van der Waals surface area contributed by atoms with Crippen LogP contribution in [0.25, 0.3) is 22.0 Å². The number of pyridine rings is 1. The van der Waals surface area contributed by atoms with Crippen molar-refractivity contribution in [3.63, 3.8) is 0 Å². The highest BCUT2D eigenvalue weighted by Crippen LogP contribution is 2.33. The van der Waals surface area contributed by atoms with Gasteiger partial charge in [-0.25, -0.2) is 23.1 Å². The van der Waals surface area contributed by atoms with E-state index >= 15 is 0 Å². The lowest BCUT2D eigenvalue weighted by Gasteiger charge is -2.14. The van der Waals surface area contributed by atoms with Crippen molar-refractivity contribution in [1.29, 1.82) is 0 Å². The van der Waals surface area contributed by atoms with Gasteiger partial charge in [-0.05, 0) is 24.1 Å². The number of fused-ring (bicyclic) bond motifs is 1. The van der Waals surface area contributed by atoms with E-state index < -0.39 is 32.6 Å². The summed E-state index contributed by atoms with van der Waals surface area (Å²) in [4.78, 5) is 21.4. The number of rotatable bonds is 4. The van der Waals surface area contributed by atoms with E-state index in [4.69, 9.17) is 0 Å². The molecule has 12 heteroatoms. The van der Waals surface area contributed by atoms with E-state index in [-0.39, 0.29) is 23.3 Å². The SMILES string of the molecule is Cn1cnc2c(-c3ccc(C(F)(F)F)cc3)cnc(NC[C@H]3CCNS3(=O)=O)c2c1=O. The number of sulfonamides is 1. The monoisotopic (exact) mass is 453 g/mol. The quantitative estimate of drug-likeness (QED) is 0.627. The third kappa shape index (κ3) is 4.00. The number of aromatic nitrogens is 3. The molecule has 31 heavy (non-hydrogen) atoms. The lowest BCUT2D eigenvalue weighted by molar-refractivity contribution is -0.137. The number of nitrogens with zero attached hydrogens (tertiary/aromatic N) is 3. The van der Waals surface area contributed by atoms with E-state index in [0.29, 0.717) is 24.1 Å². The summed E-state index contributed by atoms with van der Waals surface area (Å²) in [5.41, 5.74) is -0.140. The normalized spacial score (nSPS) is 18.4. The van der Waals surface area contributed by atoms with Gasteiger partial charge in [0.25, 0.3) is 5.56 Å². The molecule has 2 aromatic heterocycles. The van der Waals surface area contributed by atoms with Gasteiger partial charge in [0.2, 0.25) is 10.0 Å². The number of alkyl halides is 3. The second kappa shape index (κ2) is 7.61. The van der Waals surface area contributed by atoms with Crippen molar-refractivity contribution in [1.82, 2.24) is 19.3 Å². The molecule has 2 N–H and O–H groups in total. The van der Waals surface area contributed by atoms with Crippen LogP contribution in [0.1, 0.15) is 12.0 Å². The molecule has 8 nitrogen and oxygen atoms in total. The van der Waals surface area contributed by atoms with Gasteiger partial charge in [0.1, 0.15) is 11.2 Å². The molecule has 0 amide bonds. The predicted molar refractivity (Wildman–Crippen MR) is 109 cm³/mol. The number of hydrogen-bond acceptors (Lipinski definition) is 6. The van der Waals surface area contributed by atoms with Crippen molar-refractivity contribution in [3.05, 3.63) is 52.7 Å². The average molecular weight is 453 g/mol. The molecule has 1 aromatic carbocycles. The Bertz CT molecular complexity index is 1300. The van der Waals surface area contributed by atoms with E-state index in [1.54, 1.807) is 0 Å². The summed E-state index contributed by atoms with van der Waals surface area (Å²) in [6, 6.07) is 4.49. The Kier molecular flexibility index (Phi) is 5.21. The summed E-state index contributed by atoms with van der Waals surface area (Å²) in [6.07, 6.45) is -1.32. The number of halogens is 3. The van der Waals surface area contributed by atoms with Crippen LogP contribution in [-0.2, 0) is 23.2 Å². The Labute approximate surface area is 175 Å². The number of anilines is 1. The Morgan fingerprint density at radius 1 is 1.23 bits per heavy atom. The number of benzene rings is 1. The van der Waals surface area contributed by atoms with Crippen molar-refractivity contribution in [2.75, 3.05) is 18.4 Å². The van der Waals surface area contributed by atoms with Gasteiger partial charge in [-0.15, -0.1) is 0 Å². The predicted octanol–water partition coefficient (Wildman–Crippen LogP) is 2.12. The second-order valence-electron chi connectivity index (χ2n) is 7.21. The topological polar surface area (TPSA) is 106 Å². The zero-order chi connectivity index (χ0) is 22.4. The van der Waals surface area contributed by atoms with Crippen LogP contribution < -0.4 is 15.6 Å². The number of hydrogen-bond donors (Lipinski definition) is 2. The highest BCUT2D eigenvalue weighted by molar-refractivity contribution is 7.90. The molecule has 0 spiro atoms. The molecule has 1 atom stereocenters. The molecular weight excluding hydrogens is 435 g/mol. The van der Waals surface area contributed by atoms with Gasteiger partial charge in [0, 0.05) is 31.9 Å². The van der Waals surface area contributed by atoms with Gasteiger partial charge < -0.3 is 9.88 Å². The van der Waals surface area contributed by atoms with Gasteiger partial charge in [0.05, 0.1) is 22.7 Å². The van der Waals surface area contributed by atoms with Gasteiger partial charge in [-0.2, -0.15) is 13.2 Å². The van der Waals surface area contributed by atoms with E-state index in [1.807, 2.05) is 0 Å². The van der Waals surface area contributed by atoms with Gasteiger partial charge >= 0.3 is 6.18 Å². The molecule has 0 bridgehead atoms. The minimum Gasteiger partial charge on any atom is -0.368 e. The van der Waals surface area contributed by atoms with Crippen LogP contribution in [0.2, 0.25) is 0 Å². The van der Waals surface area contributed by atoms with Crippen LogP contribution >= 0.6 is 0 Å². The molecule has 164 valence electrons. The maximum Gasteiger partial charge on any atom is 0.416 e. The zero-order valence-corrected chi connectivity index (χ0v) is 17.1. The zero-order valence-electron chi connectivity index (χ0n) is 16.3. The summed E-state index contributed by atoms with van der Waals surface area (Å²) >= 11 is 0. The highest BCUT2D eigenvalue weighted by atomic mass is 32.2. The van der Waals surface area contributed by atoms with Crippen LogP contribution in [0.15, 0.2) is 41.6 Å². The average Bonchev–Trinajstić information content (AvgIpc) is 3.06. The van der Waals surface area contributed by atoms with Crippen molar-refractivity contribution in [2.45, 2.75) is 17.8 Å². The van der Waals surface area contributed by atoms with Crippen LogP contribution in [0, 0.1) is 0 Å². The second-order valence-corrected chi connectivity index (χ2v) is 9.26. The summed E-state index contributed by atoms with van der Waals surface area (Å²) in [6.45, 7) is 0.397. The minimum absolute atomic E-state index is 0.0507. The van der Waals surface area contributed by atoms with E-state index in [9.17, 15) is 26.4 Å². The minimum atomic E-state index is -4.46. The maximum absolute atomic E-state index is 12.9. The summed E-state index contributed by atoms with van der Waals surface area (Å²) in [5, 5.41) is 2.39. The Balaban J connectivity index is 1.77. The third-order valence-electron chi connectivity index (χ3n) is 5.17. The van der Waals surface area contributed by atoms with Crippen molar-refractivity contribution in [2.24, 2.45) is 7.05 Å². The molecule has 1 aliphatic rings. The standard InChI is InChI=1S/C19H18F3N5O3S/c1-27-10-25-16-14(11-2-4-12(5-3-11)19(20,21)22)9-24-17(15(16)18(27)28)23-8-13-6-7-26-31(13,29)30/h2-5,9-10,13,26H,6-8H2,1H3,(H,23,24)/t13-/m1/s1. The largest absolute Gasteiger partial charge is 0.416 e. The maximum atomic E-state index is 12.9. The van der Waals surface area contributed by atoms with Crippen LogP contribution in [0.3, 0.4) is 0 Å². The van der Waals surface area contributed by atoms with Crippen LogP contribution in [0.5, 0.6) is 0 Å². The Morgan fingerprint density at radius 3 is 2.55 bits per heavy atom. The summed E-state index contributed by atoms with van der Waals surface area (Å²) in [5.74, 6) is 0.168. The van der Waals surface area contributed by atoms with Gasteiger partial charge in [-0.1, -0.05) is 12.1 Å². The van der Waals surface area contributed by atoms with Gasteiger partial charge in [0.15, 0.2) is 0 Å². The van der Waals surface area contributed by atoms with Crippen molar-refractivity contribution in [3.8, 4) is 11.1 Å². The molecule has 1 saturated heterocycles. The molecule has 0 saturated carbocycles. The fourth-order valence-corrected chi connectivity index (χ4v) is 4.82. The Hall–Kier alpha value is -2.99. The Morgan fingerprint density at radius 2 is 1.94 bits per heavy atom. The smallest absolute Gasteiger partial charge is 0.368 e. The molecular formula is C19H18F3N5O3S. The third-order valence-corrected chi connectivity index (χ3v) is 7.06. The van der Waals surface area contributed by atoms with Crippen molar-refractivity contribution >= 4 is 26.7 Å². The molecule has 0 unspecified atom stereocenters. The van der Waals surface area contributed by atoms with E-state index in [1.165, 1.54) is 36.3 Å². The molecule has 4 rings (SSSR count). The molecule has 3 aromatic rings. The fourth-order valence-electron chi connectivity index (χ4n) is 3.45. The molecule has 1 fully saturated rings. The fraction of sp³-hybridized carbons (Fsp3) is 0.316. The first-order valence-electron chi connectivity index (χ1n) is 9.32. The molecule has 1 aliphatic heterocycles. The van der Waals surface area contributed by atoms with E-state index in [0.717, 1.165) is 12.1 Å². The number of nitrogens with one attached hydrogen (secondary N) is 2. The van der Waals surface area contributed by atoms with E-state index in [2.05, 4.69) is 20.0 Å². The van der Waals surface area contributed by atoms with Crippen LogP contribution in [-0.4, -0.2) is 41.3 Å². The summed E-state index contributed by atoms with van der Waals surface area (Å²) in [7, 11) is -1.92. The number of aryl methyl sites for hydroxylation is 1. The van der Waals surface area contributed by atoms with Crippen molar-refractivity contribution < 1.29 is 21.6 Å².